The van der Waals surface area contributed by atoms with Gasteiger partial charge in [-0.15, -0.1) is 24.0 Å². The van der Waals surface area contributed by atoms with E-state index in [1.165, 1.54) is 11.1 Å². The fraction of sp³-hybridized carbons (Fsp3) is 0.368. The highest BCUT2D eigenvalue weighted by Crippen LogP contribution is 2.13. The first-order chi connectivity index (χ1) is 11.7. The van der Waals surface area contributed by atoms with Crippen molar-refractivity contribution in [3.05, 3.63) is 59.3 Å². The van der Waals surface area contributed by atoms with Crippen LogP contribution in [0.4, 0.5) is 0 Å². The average molecular weight is 454 g/mol. The van der Waals surface area contributed by atoms with Gasteiger partial charge in [0, 0.05) is 24.8 Å². The van der Waals surface area contributed by atoms with Crippen LogP contribution in [0.25, 0.3) is 0 Å². The molecule has 0 unspecified atom stereocenters. The van der Waals surface area contributed by atoms with Gasteiger partial charge in [0.15, 0.2) is 5.96 Å². The monoisotopic (exact) mass is 454 g/mol. The van der Waals surface area contributed by atoms with Crippen LogP contribution in [0, 0.1) is 6.92 Å². The fourth-order valence-electron chi connectivity index (χ4n) is 2.21. The van der Waals surface area contributed by atoms with Crippen LogP contribution in [0.3, 0.4) is 0 Å². The highest BCUT2D eigenvalue weighted by atomic mass is 127. The zero-order valence-electron chi connectivity index (χ0n) is 15.1. The van der Waals surface area contributed by atoms with Crippen LogP contribution < -0.4 is 15.4 Å². The Bertz CT molecular complexity index is 659. The van der Waals surface area contributed by atoms with E-state index >= 15 is 0 Å². The van der Waals surface area contributed by atoms with Crippen LogP contribution in [-0.2, 0) is 13.1 Å². The Hall–Kier alpha value is -1.83. The van der Waals surface area contributed by atoms with Crippen LogP contribution in [-0.4, -0.2) is 24.1 Å². The summed E-state index contributed by atoms with van der Waals surface area (Å²) in [6, 6.07) is 12.3. The molecular formula is C19H27IN4O. The lowest BCUT2D eigenvalue weighted by Crippen LogP contribution is -2.36. The summed E-state index contributed by atoms with van der Waals surface area (Å²) in [5.41, 5.74) is 3.46. The van der Waals surface area contributed by atoms with Crippen molar-refractivity contribution in [1.29, 1.82) is 0 Å². The molecule has 1 aromatic carbocycles. The Balaban J connectivity index is 0.00000312. The Labute approximate surface area is 167 Å². The van der Waals surface area contributed by atoms with Crippen LogP contribution in [0.5, 0.6) is 5.88 Å². The van der Waals surface area contributed by atoms with E-state index in [1.54, 1.807) is 6.20 Å². The SMILES string of the molecule is CCNC(=NCc1ccc(C)cc1)NCc1cccnc1OCC.I. The van der Waals surface area contributed by atoms with E-state index in [2.05, 4.69) is 58.7 Å². The third-order valence-electron chi connectivity index (χ3n) is 3.46. The molecule has 0 saturated heterocycles. The van der Waals surface area contributed by atoms with E-state index in [4.69, 9.17) is 4.74 Å². The van der Waals surface area contributed by atoms with E-state index in [0.717, 1.165) is 18.1 Å². The zero-order valence-corrected chi connectivity index (χ0v) is 17.4. The van der Waals surface area contributed by atoms with Crippen LogP contribution in [0.15, 0.2) is 47.6 Å². The Kier molecular flexibility index (Phi) is 9.91. The lowest BCUT2D eigenvalue weighted by Gasteiger charge is -2.13. The summed E-state index contributed by atoms with van der Waals surface area (Å²) in [6.07, 6.45) is 1.74. The summed E-state index contributed by atoms with van der Waals surface area (Å²) in [4.78, 5) is 8.91. The smallest absolute Gasteiger partial charge is 0.218 e. The number of hydrogen-bond acceptors (Lipinski definition) is 3. The number of benzene rings is 1. The molecule has 2 aromatic rings. The van der Waals surface area contributed by atoms with Gasteiger partial charge in [-0.3, -0.25) is 0 Å². The molecule has 0 atom stereocenters. The molecular weight excluding hydrogens is 427 g/mol. The third kappa shape index (κ3) is 7.29. The molecule has 0 radical (unpaired) electrons. The second-order valence-electron chi connectivity index (χ2n) is 5.44. The maximum Gasteiger partial charge on any atom is 0.218 e. The summed E-state index contributed by atoms with van der Waals surface area (Å²) in [6.45, 7) is 8.76. The van der Waals surface area contributed by atoms with Gasteiger partial charge in [-0.1, -0.05) is 35.9 Å². The molecule has 2 N–H and O–H groups in total. The van der Waals surface area contributed by atoms with Crippen molar-refractivity contribution in [1.82, 2.24) is 15.6 Å². The van der Waals surface area contributed by atoms with Crippen molar-refractivity contribution in [3.63, 3.8) is 0 Å². The van der Waals surface area contributed by atoms with E-state index in [0.29, 0.717) is 25.6 Å². The number of pyridine rings is 1. The number of aryl methyl sites for hydroxylation is 1. The highest BCUT2D eigenvalue weighted by Gasteiger charge is 2.05. The van der Waals surface area contributed by atoms with Gasteiger partial charge < -0.3 is 15.4 Å². The van der Waals surface area contributed by atoms with Crippen molar-refractivity contribution in [3.8, 4) is 5.88 Å². The third-order valence-corrected chi connectivity index (χ3v) is 3.46. The number of aromatic nitrogens is 1. The number of halogens is 1. The van der Waals surface area contributed by atoms with Crippen molar-refractivity contribution >= 4 is 29.9 Å². The van der Waals surface area contributed by atoms with E-state index in [9.17, 15) is 0 Å². The molecule has 136 valence electrons. The first-order valence-electron chi connectivity index (χ1n) is 8.37. The molecule has 0 saturated carbocycles. The standard InChI is InChI=1S/C19H26N4O.HI/c1-4-20-19(22-13-16-10-8-15(3)9-11-16)23-14-17-7-6-12-21-18(17)24-5-2;/h6-12H,4-5,13-14H2,1-3H3,(H2,20,22,23);1H. The minimum absolute atomic E-state index is 0. The molecule has 0 fully saturated rings. The number of nitrogens with zero attached hydrogens (tertiary/aromatic N) is 2. The van der Waals surface area contributed by atoms with Gasteiger partial charge in [-0.05, 0) is 32.4 Å². The predicted molar refractivity (Wildman–Crippen MR) is 114 cm³/mol. The topological polar surface area (TPSA) is 58.5 Å². The number of guanidine groups is 1. The largest absolute Gasteiger partial charge is 0.478 e. The number of aliphatic imine (C=N–C) groups is 1. The van der Waals surface area contributed by atoms with E-state index < -0.39 is 0 Å². The molecule has 0 amide bonds. The molecule has 0 bridgehead atoms. The highest BCUT2D eigenvalue weighted by molar-refractivity contribution is 14.0. The molecule has 0 aliphatic heterocycles. The lowest BCUT2D eigenvalue weighted by molar-refractivity contribution is 0.322. The van der Waals surface area contributed by atoms with Gasteiger partial charge in [-0.2, -0.15) is 0 Å². The van der Waals surface area contributed by atoms with Crippen LogP contribution >= 0.6 is 24.0 Å². The quantitative estimate of drug-likeness (QED) is 0.381. The van der Waals surface area contributed by atoms with Gasteiger partial charge in [0.1, 0.15) is 0 Å². The second-order valence-corrected chi connectivity index (χ2v) is 5.44. The number of hydrogen-bond donors (Lipinski definition) is 2. The summed E-state index contributed by atoms with van der Waals surface area (Å²) in [5.74, 6) is 1.45. The Morgan fingerprint density at radius 1 is 1.12 bits per heavy atom. The molecule has 0 spiro atoms. The molecule has 1 aromatic heterocycles. The molecule has 0 aliphatic rings. The van der Waals surface area contributed by atoms with Gasteiger partial charge >= 0.3 is 0 Å². The minimum Gasteiger partial charge on any atom is -0.478 e. The van der Waals surface area contributed by atoms with Gasteiger partial charge in [0.2, 0.25) is 5.88 Å². The lowest BCUT2D eigenvalue weighted by atomic mass is 10.1. The summed E-state index contributed by atoms with van der Waals surface area (Å²) in [5, 5.41) is 6.60. The normalized spacial score (nSPS) is 10.8. The van der Waals surface area contributed by atoms with Crippen molar-refractivity contribution < 1.29 is 4.74 Å². The maximum atomic E-state index is 5.56. The zero-order chi connectivity index (χ0) is 17.2. The molecule has 25 heavy (non-hydrogen) atoms. The van der Waals surface area contributed by atoms with E-state index in [-0.39, 0.29) is 24.0 Å². The fourth-order valence-corrected chi connectivity index (χ4v) is 2.21. The molecule has 5 nitrogen and oxygen atoms in total. The van der Waals surface area contributed by atoms with E-state index in [1.807, 2.05) is 19.1 Å². The predicted octanol–water partition coefficient (Wildman–Crippen LogP) is 3.66. The Morgan fingerprint density at radius 2 is 1.88 bits per heavy atom. The summed E-state index contributed by atoms with van der Waals surface area (Å²) >= 11 is 0. The molecule has 2 rings (SSSR count). The van der Waals surface area contributed by atoms with Crippen molar-refractivity contribution in [2.24, 2.45) is 4.99 Å². The first-order valence-corrected chi connectivity index (χ1v) is 8.37. The summed E-state index contributed by atoms with van der Waals surface area (Å²) < 4.78 is 5.56. The van der Waals surface area contributed by atoms with Gasteiger partial charge in [0.05, 0.1) is 13.2 Å². The maximum absolute atomic E-state index is 5.56. The number of ether oxygens (including phenoxy) is 1. The number of rotatable bonds is 7. The van der Waals surface area contributed by atoms with Gasteiger partial charge in [0.25, 0.3) is 0 Å². The number of nitrogens with one attached hydrogen (secondary N) is 2. The summed E-state index contributed by atoms with van der Waals surface area (Å²) in [7, 11) is 0. The van der Waals surface area contributed by atoms with Crippen molar-refractivity contribution in [2.75, 3.05) is 13.2 Å². The van der Waals surface area contributed by atoms with Gasteiger partial charge in [-0.25, -0.2) is 9.98 Å². The molecule has 6 heteroatoms. The van der Waals surface area contributed by atoms with Crippen molar-refractivity contribution in [2.45, 2.75) is 33.9 Å². The molecule has 1 heterocycles. The van der Waals surface area contributed by atoms with Crippen LogP contribution in [0.1, 0.15) is 30.5 Å². The average Bonchev–Trinajstić information content (AvgIpc) is 2.60. The van der Waals surface area contributed by atoms with Crippen LogP contribution in [0.2, 0.25) is 0 Å². The molecule has 0 aliphatic carbocycles. The second kappa shape index (κ2) is 11.7. The Morgan fingerprint density at radius 3 is 2.56 bits per heavy atom. The first kappa shape index (κ1) is 21.2. The minimum atomic E-state index is 0.